The van der Waals surface area contributed by atoms with Crippen LogP contribution in [0.3, 0.4) is 0 Å². The molecule has 0 aromatic heterocycles. The predicted octanol–water partition coefficient (Wildman–Crippen LogP) is 2.85. The van der Waals surface area contributed by atoms with Crippen LogP contribution in [-0.4, -0.2) is 25.1 Å². The largest absolute Gasteiger partial charge is 0.353 e. The quantitative estimate of drug-likeness (QED) is 0.778. The Labute approximate surface area is 128 Å². The minimum atomic E-state index is 0.544. The topological polar surface area (TPSA) is 48.5 Å². The molecule has 0 bridgehead atoms. The molecule has 1 fully saturated rings. The van der Waals surface area contributed by atoms with Gasteiger partial charge in [-0.3, -0.25) is 0 Å². The molecule has 0 unspecified atom stereocenters. The summed E-state index contributed by atoms with van der Waals surface area (Å²) < 4.78 is 1.11. The van der Waals surface area contributed by atoms with Crippen molar-refractivity contribution in [2.24, 2.45) is 4.99 Å². The molecular formula is C15H21BrN4. The Kier molecular flexibility index (Phi) is 4.27. The Morgan fingerprint density at radius 1 is 1.20 bits per heavy atom. The molecule has 0 amide bonds. The number of rotatable bonds is 2. The van der Waals surface area contributed by atoms with Crippen molar-refractivity contribution in [3.8, 4) is 0 Å². The Balaban J connectivity index is 1.58. The van der Waals surface area contributed by atoms with E-state index in [1.807, 2.05) is 0 Å². The van der Waals surface area contributed by atoms with E-state index in [2.05, 4.69) is 62.1 Å². The molecule has 1 aromatic rings. The molecule has 3 rings (SSSR count). The molecule has 2 aliphatic rings. The second-order valence-electron chi connectivity index (χ2n) is 5.57. The number of fused-ring (bicyclic) bond motifs is 1. The van der Waals surface area contributed by atoms with Crippen molar-refractivity contribution >= 4 is 27.6 Å². The Hall–Kier alpha value is -1.07. The second-order valence-corrected chi connectivity index (χ2v) is 6.49. The number of benzene rings is 1. The number of nitrogens with zero attached hydrogens (tertiary/aromatic N) is 1. The number of halogens is 1. The first-order valence-corrected chi connectivity index (χ1v) is 8.07. The van der Waals surface area contributed by atoms with Crippen LogP contribution in [0.4, 0.5) is 5.69 Å². The third-order valence-corrected chi connectivity index (χ3v) is 4.70. The molecule has 1 aromatic carbocycles. The van der Waals surface area contributed by atoms with Gasteiger partial charge >= 0.3 is 0 Å². The number of hydrogen-bond donors (Lipinski definition) is 3. The second kappa shape index (κ2) is 6.14. The Morgan fingerprint density at radius 3 is 2.70 bits per heavy atom. The minimum absolute atomic E-state index is 0.544. The van der Waals surface area contributed by atoms with Crippen LogP contribution >= 0.6 is 15.9 Å². The first kappa shape index (κ1) is 13.9. The lowest BCUT2D eigenvalue weighted by Gasteiger charge is -2.31. The van der Waals surface area contributed by atoms with Crippen molar-refractivity contribution in [2.45, 2.75) is 44.3 Å². The van der Waals surface area contributed by atoms with Gasteiger partial charge < -0.3 is 16.0 Å². The summed E-state index contributed by atoms with van der Waals surface area (Å²) in [5.74, 6) is 0.924. The van der Waals surface area contributed by atoms with Crippen LogP contribution in [0.2, 0.25) is 0 Å². The summed E-state index contributed by atoms with van der Waals surface area (Å²) in [6.07, 6.45) is 4.90. The zero-order valence-electron chi connectivity index (χ0n) is 11.7. The highest BCUT2D eigenvalue weighted by Gasteiger charge is 2.21. The van der Waals surface area contributed by atoms with E-state index in [9.17, 15) is 0 Å². The molecule has 4 nitrogen and oxygen atoms in total. The fourth-order valence-electron chi connectivity index (χ4n) is 2.95. The van der Waals surface area contributed by atoms with Crippen molar-refractivity contribution in [3.05, 3.63) is 28.2 Å². The number of hydrogen-bond acceptors (Lipinski definition) is 4. The highest BCUT2D eigenvalue weighted by molar-refractivity contribution is 9.10. The summed E-state index contributed by atoms with van der Waals surface area (Å²) in [7, 11) is 2.06. The smallest absolute Gasteiger partial charge is 0.196 e. The van der Waals surface area contributed by atoms with Crippen LogP contribution in [0.1, 0.15) is 31.2 Å². The molecule has 1 aliphatic heterocycles. The van der Waals surface area contributed by atoms with Crippen molar-refractivity contribution < 1.29 is 0 Å². The van der Waals surface area contributed by atoms with Crippen molar-refractivity contribution in [3.63, 3.8) is 0 Å². The average molecular weight is 337 g/mol. The predicted molar refractivity (Wildman–Crippen MR) is 87.1 cm³/mol. The molecule has 1 heterocycles. The van der Waals surface area contributed by atoms with Crippen LogP contribution in [-0.2, 0) is 6.54 Å². The minimum Gasteiger partial charge on any atom is -0.353 e. The van der Waals surface area contributed by atoms with Gasteiger partial charge in [-0.1, -0.05) is 15.9 Å². The number of nitrogens with one attached hydrogen (secondary N) is 3. The normalized spacial score (nSPS) is 25.4. The van der Waals surface area contributed by atoms with Gasteiger partial charge in [0.25, 0.3) is 0 Å². The first-order chi connectivity index (χ1) is 9.74. The monoisotopic (exact) mass is 336 g/mol. The van der Waals surface area contributed by atoms with Crippen molar-refractivity contribution in [2.75, 3.05) is 12.4 Å². The molecule has 0 saturated heterocycles. The fourth-order valence-corrected chi connectivity index (χ4v) is 3.36. The highest BCUT2D eigenvalue weighted by Crippen LogP contribution is 2.25. The van der Waals surface area contributed by atoms with Gasteiger partial charge in [0.05, 0.1) is 6.54 Å². The van der Waals surface area contributed by atoms with Gasteiger partial charge in [-0.2, -0.15) is 0 Å². The SMILES string of the molecule is CNC1CCC(NC2=NCc3cc(Br)ccc3N2)CC1. The summed E-state index contributed by atoms with van der Waals surface area (Å²) >= 11 is 3.50. The van der Waals surface area contributed by atoms with Crippen LogP contribution < -0.4 is 16.0 Å². The maximum Gasteiger partial charge on any atom is 0.196 e. The van der Waals surface area contributed by atoms with Crippen LogP contribution in [0.15, 0.2) is 27.7 Å². The number of guanidine groups is 1. The Bertz CT molecular complexity index is 507. The first-order valence-electron chi connectivity index (χ1n) is 7.28. The van der Waals surface area contributed by atoms with Gasteiger partial charge in [-0.15, -0.1) is 0 Å². The van der Waals surface area contributed by atoms with Gasteiger partial charge in [0.1, 0.15) is 0 Å². The van der Waals surface area contributed by atoms with E-state index < -0.39 is 0 Å². The van der Waals surface area contributed by atoms with Crippen LogP contribution in [0, 0.1) is 0 Å². The number of anilines is 1. The third kappa shape index (κ3) is 3.15. The van der Waals surface area contributed by atoms with E-state index in [1.54, 1.807) is 0 Å². The van der Waals surface area contributed by atoms with E-state index in [0.29, 0.717) is 12.1 Å². The third-order valence-electron chi connectivity index (χ3n) is 4.20. The molecule has 20 heavy (non-hydrogen) atoms. The van der Waals surface area contributed by atoms with E-state index in [-0.39, 0.29) is 0 Å². The maximum absolute atomic E-state index is 4.60. The summed E-state index contributed by atoms with van der Waals surface area (Å²) in [5, 5.41) is 10.3. The molecule has 3 N–H and O–H groups in total. The number of aliphatic imine (C=N–C) groups is 1. The molecule has 0 spiro atoms. The molecular weight excluding hydrogens is 316 g/mol. The molecule has 1 saturated carbocycles. The summed E-state index contributed by atoms with van der Waals surface area (Å²) in [6, 6.07) is 7.52. The molecule has 0 atom stereocenters. The molecule has 1 aliphatic carbocycles. The lowest BCUT2D eigenvalue weighted by molar-refractivity contribution is 0.341. The zero-order chi connectivity index (χ0) is 13.9. The van der Waals surface area contributed by atoms with Crippen molar-refractivity contribution in [1.29, 1.82) is 0 Å². The Morgan fingerprint density at radius 2 is 1.95 bits per heavy atom. The van der Waals surface area contributed by atoms with Gasteiger partial charge in [-0.25, -0.2) is 4.99 Å². The van der Waals surface area contributed by atoms with E-state index in [0.717, 1.165) is 22.7 Å². The maximum atomic E-state index is 4.60. The molecule has 108 valence electrons. The molecule has 5 heteroatoms. The van der Waals surface area contributed by atoms with Gasteiger partial charge in [0.15, 0.2) is 5.96 Å². The highest BCUT2D eigenvalue weighted by atomic mass is 79.9. The van der Waals surface area contributed by atoms with Gasteiger partial charge in [-0.05, 0) is 56.5 Å². The van der Waals surface area contributed by atoms with E-state index in [1.165, 1.54) is 31.2 Å². The average Bonchev–Trinajstić information content (AvgIpc) is 2.48. The van der Waals surface area contributed by atoms with Gasteiger partial charge in [0, 0.05) is 22.2 Å². The van der Waals surface area contributed by atoms with Gasteiger partial charge in [0.2, 0.25) is 0 Å². The lowest BCUT2D eigenvalue weighted by Crippen LogP contribution is -2.44. The molecule has 0 radical (unpaired) electrons. The zero-order valence-corrected chi connectivity index (χ0v) is 13.3. The lowest BCUT2D eigenvalue weighted by atomic mass is 9.91. The van der Waals surface area contributed by atoms with Crippen LogP contribution in [0.25, 0.3) is 0 Å². The van der Waals surface area contributed by atoms with Crippen molar-refractivity contribution in [1.82, 2.24) is 10.6 Å². The van der Waals surface area contributed by atoms with Crippen LogP contribution in [0.5, 0.6) is 0 Å². The summed E-state index contributed by atoms with van der Waals surface area (Å²) in [5.41, 5.74) is 2.40. The van der Waals surface area contributed by atoms with E-state index in [4.69, 9.17) is 0 Å². The summed E-state index contributed by atoms with van der Waals surface area (Å²) in [6.45, 7) is 0.746. The fraction of sp³-hybridized carbons (Fsp3) is 0.533. The van der Waals surface area contributed by atoms with E-state index >= 15 is 0 Å². The summed E-state index contributed by atoms with van der Waals surface area (Å²) in [4.78, 5) is 4.60. The standard InChI is InChI=1S/C15H21BrN4/c1-17-12-3-5-13(6-4-12)19-15-18-9-10-8-11(16)2-7-14(10)20-15/h2,7-8,12-13,17H,3-6,9H2,1H3,(H2,18,19,20).